The lowest BCUT2D eigenvalue weighted by Gasteiger charge is -2.32. The molecule has 0 spiro atoms. The molecule has 0 radical (unpaired) electrons. The van der Waals surface area contributed by atoms with Crippen LogP contribution in [0.3, 0.4) is 0 Å². The van der Waals surface area contributed by atoms with Crippen molar-refractivity contribution in [2.75, 3.05) is 31.5 Å². The normalized spacial score (nSPS) is 16.4. The SMILES string of the molecule is FC(F)(F)c1cccc(NCCCN2CCC(Cc3ccccc3)CC2)c1. The fourth-order valence-electron chi connectivity index (χ4n) is 3.70. The maximum atomic E-state index is 12.7. The minimum atomic E-state index is -4.29. The molecule has 2 nitrogen and oxygen atoms in total. The van der Waals surface area contributed by atoms with E-state index in [2.05, 4.69) is 40.5 Å². The first-order chi connectivity index (χ1) is 13.0. The molecule has 27 heavy (non-hydrogen) atoms. The molecule has 0 unspecified atom stereocenters. The van der Waals surface area contributed by atoms with Crippen LogP contribution in [-0.2, 0) is 12.6 Å². The number of anilines is 1. The first-order valence-electron chi connectivity index (χ1n) is 9.68. The fraction of sp³-hybridized carbons (Fsp3) is 0.455. The van der Waals surface area contributed by atoms with Crippen molar-refractivity contribution in [3.63, 3.8) is 0 Å². The quantitative estimate of drug-likeness (QED) is 0.645. The van der Waals surface area contributed by atoms with Crippen LogP contribution in [0.15, 0.2) is 54.6 Å². The highest BCUT2D eigenvalue weighted by Gasteiger charge is 2.30. The Morgan fingerprint density at radius 2 is 1.70 bits per heavy atom. The zero-order valence-electron chi connectivity index (χ0n) is 15.5. The van der Waals surface area contributed by atoms with Crippen molar-refractivity contribution in [1.82, 2.24) is 4.90 Å². The molecule has 0 atom stereocenters. The summed E-state index contributed by atoms with van der Waals surface area (Å²) in [5.74, 6) is 0.756. The minimum Gasteiger partial charge on any atom is -0.385 e. The number of halogens is 3. The molecule has 3 rings (SSSR count). The first-order valence-corrected chi connectivity index (χ1v) is 9.68. The Labute approximate surface area is 159 Å². The number of nitrogens with zero attached hydrogens (tertiary/aromatic N) is 1. The maximum Gasteiger partial charge on any atom is 0.416 e. The second kappa shape index (κ2) is 9.27. The van der Waals surface area contributed by atoms with Gasteiger partial charge in [-0.15, -0.1) is 0 Å². The molecule has 1 aliphatic rings. The number of piperidine rings is 1. The molecule has 2 aromatic carbocycles. The van der Waals surface area contributed by atoms with Crippen molar-refractivity contribution in [3.05, 3.63) is 65.7 Å². The van der Waals surface area contributed by atoms with E-state index in [4.69, 9.17) is 0 Å². The van der Waals surface area contributed by atoms with E-state index in [0.29, 0.717) is 12.2 Å². The van der Waals surface area contributed by atoms with Gasteiger partial charge in [-0.05, 0) is 75.0 Å². The van der Waals surface area contributed by atoms with Crippen molar-refractivity contribution in [3.8, 4) is 0 Å². The van der Waals surface area contributed by atoms with Crippen LogP contribution in [0, 0.1) is 5.92 Å². The summed E-state index contributed by atoms with van der Waals surface area (Å²) in [6.45, 7) is 3.90. The summed E-state index contributed by atoms with van der Waals surface area (Å²) in [4.78, 5) is 2.47. The molecule has 0 amide bonds. The van der Waals surface area contributed by atoms with Crippen LogP contribution < -0.4 is 5.32 Å². The summed E-state index contributed by atoms with van der Waals surface area (Å²) in [6, 6.07) is 16.1. The minimum absolute atomic E-state index is 0.534. The third-order valence-corrected chi connectivity index (χ3v) is 5.24. The number of rotatable bonds is 7. The van der Waals surface area contributed by atoms with Gasteiger partial charge in [0.1, 0.15) is 0 Å². The first kappa shape index (κ1) is 19.7. The van der Waals surface area contributed by atoms with E-state index in [1.807, 2.05) is 0 Å². The molecule has 1 saturated heterocycles. The van der Waals surface area contributed by atoms with Crippen LogP contribution >= 0.6 is 0 Å². The van der Waals surface area contributed by atoms with Gasteiger partial charge < -0.3 is 10.2 Å². The Bertz CT molecular complexity index is 692. The zero-order chi connectivity index (χ0) is 19.1. The highest BCUT2D eigenvalue weighted by Crippen LogP contribution is 2.30. The van der Waals surface area contributed by atoms with Gasteiger partial charge in [-0.2, -0.15) is 13.2 Å². The lowest BCUT2D eigenvalue weighted by molar-refractivity contribution is -0.137. The van der Waals surface area contributed by atoms with Crippen LogP contribution in [0.1, 0.15) is 30.4 Å². The van der Waals surface area contributed by atoms with Gasteiger partial charge in [0, 0.05) is 12.2 Å². The number of alkyl halides is 3. The Hall–Kier alpha value is -2.01. The molecule has 0 bridgehead atoms. The highest BCUT2D eigenvalue weighted by atomic mass is 19.4. The largest absolute Gasteiger partial charge is 0.416 e. The van der Waals surface area contributed by atoms with Gasteiger partial charge in [0.05, 0.1) is 5.56 Å². The van der Waals surface area contributed by atoms with Gasteiger partial charge in [0.15, 0.2) is 0 Å². The second-order valence-corrected chi connectivity index (χ2v) is 7.33. The summed E-state index contributed by atoms with van der Waals surface area (Å²) >= 11 is 0. The van der Waals surface area contributed by atoms with Gasteiger partial charge in [0.25, 0.3) is 0 Å². The van der Waals surface area contributed by atoms with E-state index >= 15 is 0 Å². The Morgan fingerprint density at radius 1 is 0.963 bits per heavy atom. The van der Waals surface area contributed by atoms with Gasteiger partial charge >= 0.3 is 6.18 Å². The maximum absolute atomic E-state index is 12.7. The van der Waals surface area contributed by atoms with Crippen molar-refractivity contribution in [2.24, 2.45) is 5.92 Å². The van der Waals surface area contributed by atoms with E-state index in [0.717, 1.165) is 44.5 Å². The Balaban J connectivity index is 1.34. The third kappa shape index (κ3) is 6.28. The molecule has 1 fully saturated rings. The second-order valence-electron chi connectivity index (χ2n) is 7.33. The molecule has 0 saturated carbocycles. The Kier molecular flexibility index (Phi) is 6.78. The molecule has 1 N–H and O–H groups in total. The molecule has 1 aliphatic heterocycles. The van der Waals surface area contributed by atoms with Gasteiger partial charge in [-0.3, -0.25) is 0 Å². The average Bonchev–Trinajstić information content (AvgIpc) is 2.67. The molecule has 146 valence electrons. The number of benzene rings is 2. The summed E-state index contributed by atoms with van der Waals surface area (Å²) in [5.41, 5.74) is 1.35. The Morgan fingerprint density at radius 3 is 2.41 bits per heavy atom. The number of nitrogens with one attached hydrogen (secondary N) is 1. The average molecular weight is 376 g/mol. The molecular weight excluding hydrogens is 349 g/mol. The smallest absolute Gasteiger partial charge is 0.385 e. The topological polar surface area (TPSA) is 15.3 Å². The number of hydrogen-bond acceptors (Lipinski definition) is 2. The van der Waals surface area contributed by atoms with Crippen LogP contribution in [0.25, 0.3) is 0 Å². The molecule has 0 aliphatic carbocycles. The van der Waals surface area contributed by atoms with Crippen molar-refractivity contribution < 1.29 is 13.2 Å². The van der Waals surface area contributed by atoms with E-state index in [-0.39, 0.29) is 0 Å². The van der Waals surface area contributed by atoms with E-state index < -0.39 is 11.7 Å². The number of likely N-dealkylation sites (tertiary alicyclic amines) is 1. The summed E-state index contributed by atoms with van der Waals surface area (Å²) < 4.78 is 38.2. The van der Waals surface area contributed by atoms with Gasteiger partial charge in [0.2, 0.25) is 0 Å². The van der Waals surface area contributed by atoms with E-state index in [1.165, 1.54) is 30.5 Å². The van der Waals surface area contributed by atoms with Crippen molar-refractivity contribution in [1.29, 1.82) is 0 Å². The standard InChI is InChI=1S/C22H27F3N2/c23-22(24,25)20-8-4-9-21(17-20)26-12-5-13-27-14-10-19(11-15-27)16-18-6-2-1-3-7-18/h1-4,6-9,17,19,26H,5,10-16H2. The van der Waals surface area contributed by atoms with Crippen molar-refractivity contribution in [2.45, 2.75) is 31.9 Å². The third-order valence-electron chi connectivity index (χ3n) is 5.24. The van der Waals surface area contributed by atoms with E-state index in [9.17, 15) is 13.2 Å². The van der Waals surface area contributed by atoms with Gasteiger partial charge in [-0.25, -0.2) is 0 Å². The van der Waals surface area contributed by atoms with Crippen LogP contribution in [0.2, 0.25) is 0 Å². The van der Waals surface area contributed by atoms with Crippen LogP contribution in [-0.4, -0.2) is 31.1 Å². The summed E-state index contributed by atoms with van der Waals surface area (Å²) in [7, 11) is 0. The monoisotopic (exact) mass is 376 g/mol. The zero-order valence-corrected chi connectivity index (χ0v) is 15.5. The van der Waals surface area contributed by atoms with Crippen LogP contribution in [0.4, 0.5) is 18.9 Å². The lowest BCUT2D eigenvalue weighted by Crippen LogP contribution is -2.35. The molecule has 5 heteroatoms. The lowest BCUT2D eigenvalue weighted by atomic mass is 9.90. The van der Waals surface area contributed by atoms with E-state index in [1.54, 1.807) is 6.07 Å². The molecule has 0 aromatic heterocycles. The summed E-state index contributed by atoms with van der Waals surface area (Å²) in [5, 5.41) is 3.11. The molecule has 1 heterocycles. The fourth-order valence-corrected chi connectivity index (χ4v) is 3.70. The predicted octanol–water partition coefficient (Wildman–Crippen LogP) is 5.46. The predicted molar refractivity (Wildman–Crippen MR) is 104 cm³/mol. The number of hydrogen-bond donors (Lipinski definition) is 1. The van der Waals surface area contributed by atoms with Crippen LogP contribution in [0.5, 0.6) is 0 Å². The summed E-state index contributed by atoms with van der Waals surface area (Å²) in [6.07, 6.45) is 0.235. The molecular formula is C22H27F3N2. The molecule has 2 aromatic rings. The van der Waals surface area contributed by atoms with Crippen molar-refractivity contribution >= 4 is 5.69 Å². The highest BCUT2D eigenvalue weighted by molar-refractivity contribution is 5.46. The van der Waals surface area contributed by atoms with Gasteiger partial charge in [-0.1, -0.05) is 36.4 Å².